The van der Waals surface area contributed by atoms with E-state index in [-0.39, 0.29) is 40.8 Å². The predicted molar refractivity (Wildman–Crippen MR) is 493 cm³/mol. The summed E-state index contributed by atoms with van der Waals surface area (Å²) in [5, 5.41) is 21.4. The van der Waals surface area contributed by atoms with Crippen molar-refractivity contribution in [3.63, 3.8) is 0 Å². The first kappa shape index (κ1) is 87.6. The molecule has 0 bridgehead atoms. The molecule has 9 aromatic carbocycles. The predicted octanol–water partition coefficient (Wildman–Crippen LogP) is 14.6. The molecule has 0 N–H and O–H groups in total. The number of morpholine rings is 1. The van der Waals surface area contributed by atoms with Gasteiger partial charge in [-0.05, 0) is 121 Å². The Hall–Kier alpha value is -14.7. The minimum absolute atomic E-state index is 0. The van der Waals surface area contributed by atoms with Gasteiger partial charge in [0.15, 0.2) is 0 Å². The molecule has 25 heteroatoms. The van der Waals surface area contributed by atoms with Crippen LogP contribution in [0.2, 0.25) is 0 Å². The third-order valence-corrected chi connectivity index (χ3v) is 21.1. The number of anilines is 2. The van der Waals surface area contributed by atoms with Crippen molar-refractivity contribution in [3.8, 4) is 45.3 Å². The average Bonchev–Trinajstić information content (AvgIpc) is 0.778. The van der Waals surface area contributed by atoms with Crippen LogP contribution in [0.15, 0.2) is 315 Å². The number of fused-ring (bicyclic) bond motifs is 7. The van der Waals surface area contributed by atoms with Crippen molar-refractivity contribution in [2.24, 2.45) is 42.3 Å². The zero-order valence-electron chi connectivity index (χ0n) is 69.9. The molecule has 0 saturated carbocycles. The monoisotopic (exact) mass is 1640 g/mol. The summed E-state index contributed by atoms with van der Waals surface area (Å²) in [6.45, 7) is 9.01. The molecule has 19 rings (SSSR count). The van der Waals surface area contributed by atoms with E-state index in [0.29, 0.717) is 51.2 Å². The van der Waals surface area contributed by atoms with Crippen molar-refractivity contribution in [2.45, 2.75) is 33.3 Å². The second-order valence-electron chi connectivity index (χ2n) is 29.6. The van der Waals surface area contributed by atoms with E-state index in [4.69, 9.17) is 14.2 Å². The number of benzene rings is 9. The number of aromatic nitrogens is 13. The van der Waals surface area contributed by atoms with Gasteiger partial charge in [-0.25, -0.2) is 29.0 Å². The van der Waals surface area contributed by atoms with Gasteiger partial charge in [0.1, 0.15) is 42.4 Å². The van der Waals surface area contributed by atoms with Gasteiger partial charge in [0.25, 0.3) is 33.4 Å². The Bertz CT molecular complexity index is 6710. The maximum Gasteiger partial charge on any atom is 0.274 e. The molecule has 0 spiro atoms. The van der Waals surface area contributed by atoms with Gasteiger partial charge in [-0.3, -0.25) is 38.7 Å². The van der Waals surface area contributed by atoms with Crippen molar-refractivity contribution in [1.82, 2.24) is 67.9 Å². The summed E-state index contributed by atoms with van der Waals surface area (Å²) in [5.41, 5.74) is 10.7. The Labute approximate surface area is 711 Å². The number of aryl methyl sites for hydroxylation is 6. The topological polar surface area (TPSA) is 260 Å². The Balaban J connectivity index is 0.000000132. The number of hydrogen-bond acceptors (Lipinski definition) is 19. The summed E-state index contributed by atoms with van der Waals surface area (Å²) in [6.07, 6.45) is 14.7. The van der Waals surface area contributed by atoms with Crippen molar-refractivity contribution in [1.29, 1.82) is 0 Å². The third-order valence-electron chi connectivity index (χ3n) is 21.1. The fraction of sp³-hybridized carbons (Fsp3) is 0.214. The standard InChI is InChI=1S/C17H17N3O.C17H15NO2.C16H20N2O3.C14H11N3O.C13H10N4O.C11H15N.C9H8N2O.CH4/c1-19(2)13-10-8-12(9-11-13)16-14-6-4-5-7-15(14)17(21)20(3)18-16;1-18-11-10-14-15(17(18)19)8-5-9-16(14)20-12-13-6-3-2-4-7-13;1-17-6-5-13-14(16(17)19)3-2-4-15(13)21-12-9-18-7-10-20-11-8-18;1-17-14(18)12-7-3-2-6-11(12)13(16-17)10-5-4-8-15-9-10;1-17-13(18)11-5-3-2-4-10(11)12(16-17)9-6-14-8-15-7-9;1-9-7-8-12(2)11-6-4-3-5-10(9)11;1-11-6-10-8-5-3-2-4-7(8)9(11)12;/h4-11H,1-3H3;2-11H,12H2,1H3;2-6H,7-12H2,1H3;2-9H,1H3;2-8H,1H3;3-6,9H,7-8H2,1-2H3;2-6H,1H3;1H4. The van der Waals surface area contributed by atoms with Crippen molar-refractivity contribution in [3.05, 3.63) is 360 Å². The van der Waals surface area contributed by atoms with E-state index in [1.54, 1.807) is 101 Å². The first-order chi connectivity index (χ1) is 59.2. The van der Waals surface area contributed by atoms with Gasteiger partial charge >= 0.3 is 0 Å². The molecule has 8 aromatic heterocycles. The highest BCUT2D eigenvalue weighted by Crippen LogP contribution is 2.34. The number of pyridine rings is 3. The third kappa shape index (κ3) is 21.1. The van der Waals surface area contributed by atoms with Gasteiger partial charge in [0.2, 0.25) is 0 Å². The molecule has 1 unspecified atom stereocenters. The van der Waals surface area contributed by atoms with Crippen molar-refractivity contribution in [2.75, 3.05) is 76.9 Å². The quantitative estimate of drug-likeness (QED) is 0.116. The molecular formula is C98H100N16O9. The average molecular weight is 1650 g/mol. The molecule has 0 radical (unpaired) electrons. The molecule has 17 aromatic rings. The molecule has 1 saturated heterocycles. The smallest absolute Gasteiger partial charge is 0.274 e. The second-order valence-corrected chi connectivity index (χ2v) is 29.6. The highest BCUT2D eigenvalue weighted by Gasteiger charge is 2.20. The Morgan fingerprint density at radius 2 is 0.870 bits per heavy atom. The van der Waals surface area contributed by atoms with Crippen LogP contribution in [0.5, 0.6) is 11.5 Å². The Morgan fingerprint density at radius 1 is 0.415 bits per heavy atom. The van der Waals surface area contributed by atoms with Crippen LogP contribution in [0.1, 0.15) is 37.8 Å². The van der Waals surface area contributed by atoms with Gasteiger partial charge in [-0.15, -0.1) is 0 Å². The summed E-state index contributed by atoms with van der Waals surface area (Å²) in [4.78, 5) is 94.6. The maximum atomic E-state index is 12.1. The summed E-state index contributed by atoms with van der Waals surface area (Å²) >= 11 is 0. The maximum absolute atomic E-state index is 12.1. The summed E-state index contributed by atoms with van der Waals surface area (Å²) in [6, 6.07) is 75.5. The highest BCUT2D eigenvalue weighted by molar-refractivity contribution is 5.96. The molecule has 0 aliphatic carbocycles. The van der Waals surface area contributed by atoms with E-state index >= 15 is 0 Å². The normalized spacial score (nSPS) is 12.7. The molecule has 0 amide bonds. The molecule has 25 nitrogen and oxygen atoms in total. The fourth-order valence-corrected chi connectivity index (χ4v) is 14.2. The van der Waals surface area contributed by atoms with Crippen LogP contribution in [-0.4, -0.2) is 135 Å². The molecule has 1 atom stereocenters. The van der Waals surface area contributed by atoms with Crippen LogP contribution < -0.4 is 52.6 Å². The minimum atomic E-state index is -0.105. The van der Waals surface area contributed by atoms with Gasteiger partial charge < -0.3 is 37.7 Å². The molecule has 2 aliphatic rings. The number of hydrogen-bond donors (Lipinski definition) is 0. The molecule has 2 aliphatic heterocycles. The van der Waals surface area contributed by atoms with Crippen molar-refractivity contribution >= 4 is 76.1 Å². The Kier molecular flexibility index (Phi) is 29.4. The summed E-state index contributed by atoms with van der Waals surface area (Å²) in [5.74, 6) is 2.25. The fourth-order valence-electron chi connectivity index (χ4n) is 14.2. The highest BCUT2D eigenvalue weighted by atomic mass is 16.5. The molecule has 626 valence electrons. The van der Waals surface area contributed by atoms with Crippen LogP contribution in [0.25, 0.3) is 98.5 Å². The lowest BCUT2D eigenvalue weighted by Crippen LogP contribution is -2.38. The lowest BCUT2D eigenvalue weighted by Gasteiger charge is -2.31. The van der Waals surface area contributed by atoms with E-state index in [0.717, 1.165) is 122 Å². The number of nitrogens with zero attached hydrogens (tertiary/aromatic N) is 16. The lowest BCUT2D eigenvalue weighted by atomic mass is 9.92. The first-order valence-corrected chi connectivity index (χ1v) is 40.0. The van der Waals surface area contributed by atoms with Crippen LogP contribution >= 0.6 is 0 Å². The van der Waals surface area contributed by atoms with Gasteiger partial charge in [0.05, 0.1) is 63.1 Å². The van der Waals surface area contributed by atoms with E-state index < -0.39 is 0 Å². The van der Waals surface area contributed by atoms with E-state index in [1.165, 1.54) is 55.5 Å². The SMILES string of the molecule is C.CC1CCN(C)c2ccccc21.CN(C)c1ccc(-c2nn(C)c(=O)c3ccccc23)cc1.Cn1ccc2c(OCCN3CCOCC3)cccc2c1=O.Cn1ccc2c(OCc3ccccc3)cccc2c1=O.Cn1cnc2ccccc2c1=O.Cn1nc(-c2cccnc2)c2ccccc2c1=O.Cn1nc(-c2cncnc2)c2ccccc2c1=O. The van der Waals surface area contributed by atoms with Crippen LogP contribution in [-0.2, 0) is 53.6 Å². The first-order valence-electron chi connectivity index (χ1n) is 40.0. The minimum Gasteiger partial charge on any atom is -0.492 e. The molecule has 123 heavy (non-hydrogen) atoms. The van der Waals surface area contributed by atoms with Gasteiger partial charge in [-0.2, -0.15) is 15.3 Å². The number of rotatable bonds is 11. The zero-order valence-corrected chi connectivity index (χ0v) is 69.9. The summed E-state index contributed by atoms with van der Waals surface area (Å²) in [7, 11) is 16.4. The molecule has 1 fully saturated rings. The number of ether oxygens (including phenoxy) is 3. The van der Waals surface area contributed by atoms with Gasteiger partial charge in [-0.1, -0.05) is 154 Å². The Morgan fingerprint density at radius 3 is 1.40 bits per heavy atom. The van der Waals surface area contributed by atoms with Crippen molar-refractivity contribution < 1.29 is 14.2 Å². The van der Waals surface area contributed by atoms with E-state index in [1.807, 2.05) is 202 Å². The summed E-state index contributed by atoms with van der Waals surface area (Å²) < 4.78 is 25.8. The zero-order chi connectivity index (χ0) is 85.8. The van der Waals surface area contributed by atoms with Crippen LogP contribution in [0.4, 0.5) is 11.4 Å². The largest absolute Gasteiger partial charge is 0.492 e. The van der Waals surface area contributed by atoms with Crippen LogP contribution in [0, 0.1) is 0 Å². The number of para-hydroxylation sites is 2. The van der Waals surface area contributed by atoms with Crippen LogP contribution in [0.3, 0.4) is 0 Å². The van der Waals surface area contributed by atoms with E-state index in [2.05, 4.69) is 100 Å². The van der Waals surface area contributed by atoms with E-state index in [9.17, 15) is 28.8 Å². The second kappa shape index (κ2) is 41.3. The van der Waals surface area contributed by atoms with Gasteiger partial charge in [0, 0.05) is 182 Å². The molecule has 10 heterocycles. The molecular weight excluding hydrogens is 1550 g/mol. The lowest BCUT2D eigenvalue weighted by molar-refractivity contribution is 0.0323.